The number of nitrogens with one attached hydrogen (secondary N) is 1. The third-order valence-electron chi connectivity index (χ3n) is 3.39. The fourth-order valence-corrected chi connectivity index (χ4v) is 2.49. The molecular weight excluding hydrogens is 408 g/mol. The van der Waals surface area contributed by atoms with E-state index in [0.717, 1.165) is 5.56 Å². The molecule has 5 nitrogen and oxygen atoms in total. The molecule has 0 saturated carbocycles. The van der Waals surface area contributed by atoms with Crippen LogP contribution in [0.15, 0.2) is 76.3 Å². The van der Waals surface area contributed by atoms with Gasteiger partial charge in [-0.1, -0.05) is 48.6 Å². The van der Waals surface area contributed by atoms with Crippen LogP contribution in [-0.2, 0) is 4.79 Å². The molecule has 27 heavy (non-hydrogen) atoms. The molecule has 140 valence electrons. The van der Waals surface area contributed by atoms with E-state index >= 15 is 0 Å². The summed E-state index contributed by atoms with van der Waals surface area (Å²) in [7, 11) is 1.59. The SMILES string of the molecule is COc1ccc(OCC(=O)NN=C(C)C=CC=Cc2ccccc2)c(Br)c1. The lowest BCUT2D eigenvalue weighted by atomic mass is 10.2. The second kappa shape index (κ2) is 11.0. The summed E-state index contributed by atoms with van der Waals surface area (Å²) in [5, 5.41) is 4.02. The summed E-state index contributed by atoms with van der Waals surface area (Å²) in [6.45, 7) is 1.66. The Bertz CT molecular complexity index is 846. The summed E-state index contributed by atoms with van der Waals surface area (Å²) < 4.78 is 11.3. The summed E-state index contributed by atoms with van der Waals surface area (Å²) in [5.41, 5.74) is 4.25. The molecule has 1 amide bonds. The number of halogens is 1. The summed E-state index contributed by atoms with van der Waals surface area (Å²) >= 11 is 3.37. The highest BCUT2D eigenvalue weighted by atomic mass is 79.9. The Morgan fingerprint density at radius 2 is 1.96 bits per heavy atom. The largest absolute Gasteiger partial charge is 0.497 e. The topological polar surface area (TPSA) is 59.9 Å². The highest BCUT2D eigenvalue weighted by Crippen LogP contribution is 2.28. The van der Waals surface area contributed by atoms with Crippen molar-refractivity contribution in [3.05, 3.63) is 76.8 Å². The molecule has 0 saturated heterocycles. The van der Waals surface area contributed by atoms with Gasteiger partial charge in [0, 0.05) is 0 Å². The molecule has 2 aromatic rings. The highest BCUT2D eigenvalue weighted by molar-refractivity contribution is 9.10. The van der Waals surface area contributed by atoms with Crippen molar-refractivity contribution >= 4 is 33.6 Å². The molecule has 0 heterocycles. The third kappa shape index (κ3) is 7.50. The molecule has 0 bridgehead atoms. The molecule has 2 aromatic carbocycles. The van der Waals surface area contributed by atoms with E-state index in [1.807, 2.05) is 48.6 Å². The van der Waals surface area contributed by atoms with Gasteiger partial charge < -0.3 is 9.47 Å². The Morgan fingerprint density at radius 3 is 2.67 bits per heavy atom. The lowest BCUT2D eigenvalue weighted by Gasteiger charge is -2.08. The van der Waals surface area contributed by atoms with Crippen LogP contribution in [0.2, 0.25) is 0 Å². The smallest absolute Gasteiger partial charge is 0.277 e. The third-order valence-corrected chi connectivity index (χ3v) is 4.01. The minimum absolute atomic E-state index is 0.140. The van der Waals surface area contributed by atoms with Crippen LogP contribution >= 0.6 is 15.9 Å². The number of hydrazone groups is 1. The van der Waals surface area contributed by atoms with Crippen LogP contribution in [0.4, 0.5) is 0 Å². The molecular formula is C21H21BrN2O3. The van der Waals surface area contributed by atoms with E-state index in [-0.39, 0.29) is 12.5 Å². The number of rotatable bonds is 8. The number of ether oxygens (including phenoxy) is 2. The summed E-state index contributed by atoms with van der Waals surface area (Å²) in [4.78, 5) is 11.8. The van der Waals surface area contributed by atoms with Gasteiger partial charge in [0.15, 0.2) is 6.61 Å². The van der Waals surface area contributed by atoms with Crippen LogP contribution in [0.3, 0.4) is 0 Å². The molecule has 2 rings (SSSR count). The maximum Gasteiger partial charge on any atom is 0.277 e. The van der Waals surface area contributed by atoms with E-state index in [1.165, 1.54) is 0 Å². The molecule has 0 atom stereocenters. The van der Waals surface area contributed by atoms with Gasteiger partial charge in [-0.2, -0.15) is 5.10 Å². The average molecular weight is 429 g/mol. The zero-order valence-electron chi connectivity index (χ0n) is 15.2. The number of hydrogen-bond donors (Lipinski definition) is 1. The summed E-state index contributed by atoms with van der Waals surface area (Å²) in [6.07, 6.45) is 7.58. The van der Waals surface area contributed by atoms with Gasteiger partial charge in [0.1, 0.15) is 11.5 Å². The van der Waals surface area contributed by atoms with E-state index in [2.05, 4.69) is 26.5 Å². The van der Waals surface area contributed by atoms with Crippen LogP contribution in [0.1, 0.15) is 12.5 Å². The maximum absolute atomic E-state index is 11.8. The second-order valence-electron chi connectivity index (χ2n) is 5.50. The van der Waals surface area contributed by atoms with E-state index in [9.17, 15) is 4.79 Å². The Balaban J connectivity index is 1.78. The molecule has 0 aliphatic rings. The number of hydrogen-bond acceptors (Lipinski definition) is 4. The number of allylic oxidation sites excluding steroid dienone is 3. The van der Waals surface area contributed by atoms with Crippen LogP contribution in [0.5, 0.6) is 11.5 Å². The summed E-state index contributed by atoms with van der Waals surface area (Å²) in [5.74, 6) is 0.912. The quantitative estimate of drug-likeness (QED) is 0.379. The normalized spacial score (nSPS) is 11.7. The molecule has 0 aliphatic heterocycles. The zero-order valence-corrected chi connectivity index (χ0v) is 16.8. The van der Waals surface area contributed by atoms with Gasteiger partial charge in [-0.15, -0.1) is 0 Å². The molecule has 6 heteroatoms. The van der Waals surface area contributed by atoms with E-state index in [4.69, 9.17) is 9.47 Å². The van der Waals surface area contributed by atoms with Crippen LogP contribution in [-0.4, -0.2) is 25.3 Å². The van der Waals surface area contributed by atoms with Crippen molar-refractivity contribution in [2.45, 2.75) is 6.92 Å². The number of benzene rings is 2. The Hall–Kier alpha value is -2.86. The molecule has 0 fully saturated rings. The van der Waals surface area contributed by atoms with Crippen molar-refractivity contribution < 1.29 is 14.3 Å². The van der Waals surface area contributed by atoms with Crippen molar-refractivity contribution in [1.82, 2.24) is 5.43 Å². The predicted octanol–water partition coefficient (Wildman–Crippen LogP) is 4.60. The molecule has 0 unspecified atom stereocenters. The van der Waals surface area contributed by atoms with Gasteiger partial charge in [-0.25, -0.2) is 5.43 Å². The number of methoxy groups -OCH3 is 1. The van der Waals surface area contributed by atoms with Crippen molar-refractivity contribution in [2.24, 2.45) is 5.10 Å². The first-order valence-corrected chi connectivity index (χ1v) is 9.07. The van der Waals surface area contributed by atoms with E-state index < -0.39 is 0 Å². The number of nitrogens with zero attached hydrogens (tertiary/aromatic N) is 1. The van der Waals surface area contributed by atoms with Crippen molar-refractivity contribution in [1.29, 1.82) is 0 Å². The summed E-state index contributed by atoms with van der Waals surface area (Å²) in [6, 6.07) is 15.2. The Morgan fingerprint density at radius 1 is 1.19 bits per heavy atom. The fourth-order valence-electron chi connectivity index (χ4n) is 2.01. The van der Waals surface area contributed by atoms with Crippen LogP contribution in [0, 0.1) is 0 Å². The molecule has 0 aliphatic carbocycles. The number of carbonyl (C=O) groups is 1. The lowest BCUT2D eigenvalue weighted by molar-refractivity contribution is -0.123. The second-order valence-corrected chi connectivity index (χ2v) is 6.36. The van der Waals surface area contributed by atoms with Crippen LogP contribution in [0.25, 0.3) is 6.08 Å². The number of amides is 1. The van der Waals surface area contributed by atoms with Crippen molar-refractivity contribution in [3.8, 4) is 11.5 Å². The van der Waals surface area contributed by atoms with E-state index in [1.54, 1.807) is 38.3 Å². The first-order chi connectivity index (χ1) is 13.1. The van der Waals surface area contributed by atoms with Gasteiger partial charge in [0.25, 0.3) is 5.91 Å². The van der Waals surface area contributed by atoms with Gasteiger partial charge in [-0.05, 0) is 52.7 Å². The van der Waals surface area contributed by atoms with Crippen molar-refractivity contribution in [3.63, 3.8) is 0 Å². The lowest BCUT2D eigenvalue weighted by Crippen LogP contribution is -2.25. The standard InChI is InChI=1S/C21H21BrN2O3/c1-16(8-6-7-11-17-9-4-3-5-10-17)23-24-21(25)15-27-20-13-12-18(26-2)14-19(20)22/h3-14H,15H2,1-2H3,(H,24,25). The predicted molar refractivity (Wildman–Crippen MR) is 112 cm³/mol. The van der Waals surface area contributed by atoms with E-state index in [0.29, 0.717) is 21.7 Å². The van der Waals surface area contributed by atoms with Gasteiger partial charge in [0.2, 0.25) is 0 Å². The van der Waals surface area contributed by atoms with Crippen LogP contribution < -0.4 is 14.9 Å². The highest BCUT2D eigenvalue weighted by Gasteiger charge is 2.06. The average Bonchev–Trinajstić information content (AvgIpc) is 2.69. The van der Waals surface area contributed by atoms with Crippen molar-refractivity contribution in [2.75, 3.05) is 13.7 Å². The molecule has 0 aromatic heterocycles. The van der Waals surface area contributed by atoms with Gasteiger partial charge >= 0.3 is 0 Å². The number of carbonyl (C=O) groups excluding carboxylic acids is 1. The minimum atomic E-state index is -0.342. The first kappa shape index (κ1) is 20.5. The fraction of sp³-hybridized carbons (Fsp3) is 0.143. The zero-order chi connectivity index (χ0) is 19.5. The molecule has 0 spiro atoms. The minimum Gasteiger partial charge on any atom is -0.497 e. The Kier molecular flexibility index (Phi) is 8.32. The maximum atomic E-state index is 11.8. The van der Waals surface area contributed by atoms with Gasteiger partial charge in [0.05, 0.1) is 17.3 Å². The van der Waals surface area contributed by atoms with Gasteiger partial charge in [-0.3, -0.25) is 4.79 Å². The molecule has 1 N–H and O–H groups in total. The monoisotopic (exact) mass is 428 g/mol. The molecule has 0 radical (unpaired) electrons. The first-order valence-electron chi connectivity index (χ1n) is 8.28. The Labute approximate surface area is 167 Å².